The van der Waals surface area contributed by atoms with E-state index in [2.05, 4.69) is 22.5 Å². The highest BCUT2D eigenvalue weighted by molar-refractivity contribution is 5.79. The highest BCUT2D eigenvalue weighted by Gasteiger charge is 2.34. The van der Waals surface area contributed by atoms with Crippen LogP contribution in [0.1, 0.15) is 25.3 Å². The summed E-state index contributed by atoms with van der Waals surface area (Å²) < 4.78 is 24.4. The molecular formula is C21H33FN4O2. The first-order valence-electron chi connectivity index (χ1n) is 10.4. The van der Waals surface area contributed by atoms with Crippen LogP contribution in [-0.4, -0.2) is 76.6 Å². The van der Waals surface area contributed by atoms with Gasteiger partial charge in [-0.15, -0.1) is 0 Å². The van der Waals surface area contributed by atoms with Gasteiger partial charge in [0.1, 0.15) is 5.82 Å². The molecule has 2 heterocycles. The largest absolute Gasteiger partial charge is 0.381 e. The van der Waals surface area contributed by atoms with Gasteiger partial charge in [-0.1, -0.05) is 12.1 Å². The van der Waals surface area contributed by atoms with Crippen LogP contribution in [0.25, 0.3) is 0 Å². The summed E-state index contributed by atoms with van der Waals surface area (Å²) in [4.78, 5) is 7.29. The summed E-state index contributed by atoms with van der Waals surface area (Å²) in [6, 6.07) is 6.88. The minimum absolute atomic E-state index is 0.0987. The van der Waals surface area contributed by atoms with E-state index in [1.165, 1.54) is 0 Å². The van der Waals surface area contributed by atoms with Crippen LogP contribution in [0.2, 0.25) is 0 Å². The van der Waals surface area contributed by atoms with Crippen molar-refractivity contribution in [3.63, 3.8) is 0 Å². The number of rotatable bonds is 7. The van der Waals surface area contributed by atoms with Gasteiger partial charge in [0.2, 0.25) is 0 Å². The molecule has 7 heteroatoms. The van der Waals surface area contributed by atoms with Crippen LogP contribution in [-0.2, 0) is 14.9 Å². The standard InChI is InChI=1S/C21H33FN4O2/c1-2-23-20(24-9-10-26-11-15-28-16-12-26)25-17-21(7-13-27-14-8-21)18-3-5-19(22)6-4-18/h3-6H,2,7-17H2,1H3,(H2,23,24,25). The van der Waals surface area contributed by atoms with Gasteiger partial charge in [0.05, 0.1) is 19.8 Å². The molecule has 156 valence electrons. The lowest BCUT2D eigenvalue weighted by Crippen LogP contribution is -2.45. The van der Waals surface area contributed by atoms with Crippen LogP contribution in [0.15, 0.2) is 29.3 Å². The predicted octanol–water partition coefficient (Wildman–Crippen LogP) is 1.76. The Morgan fingerprint density at radius 1 is 1.07 bits per heavy atom. The Morgan fingerprint density at radius 2 is 1.75 bits per heavy atom. The molecule has 2 aliphatic heterocycles. The monoisotopic (exact) mass is 392 g/mol. The van der Waals surface area contributed by atoms with Crippen LogP contribution in [0.5, 0.6) is 0 Å². The smallest absolute Gasteiger partial charge is 0.191 e. The lowest BCUT2D eigenvalue weighted by molar-refractivity contribution is 0.0389. The Hall–Kier alpha value is -1.70. The molecule has 6 nitrogen and oxygen atoms in total. The number of morpholine rings is 1. The highest BCUT2D eigenvalue weighted by atomic mass is 19.1. The fourth-order valence-corrected chi connectivity index (χ4v) is 3.83. The molecular weight excluding hydrogens is 359 g/mol. The summed E-state index contributed by atoms with van der Waals surface area (Å²) in [5.41, 5.74) is 1.04. The van der Waals surface area contributed by atoms with Crippen molar-refractivity contribution in [3.8, 4) is 0 Å². The van der Waals surface area contributed by atoms with Gasteiger partial charge >= 0.3 is 0 Å². The van der Waals surface area contributed by atoms with Gasteiger partial charge in [-0.3, -0.25) is 9.89 Å². The number of nitrogens with zero attached hydrogens (tertiary/aromatic N) is 2. The van der Waals surface area contributed by atoms with Crippen LogP contribution >= 0.6 is 0 Å². The van der Waals surface area contributed by atoms with E-state index in [1.54, 1.807) is 12.1 Å². The molecule has 1 aromatic carbocycles. The van der Waals surface area contributed by atoms with Crippen molar-refractivity contribution in [1.82, 2.24) is 15.5 Å². The fraction of sp³-hybridized carbons (Fsp3) is 0.667. The number of hydrogen-bond acceptors (Lipinski definition) is 4. The van der Waals surface area contributed by atoms with E-state index in [0.29, 0.717) is 19.8 Å². The second kappa shape index (κ2) is 10.7. The number of ether oxygens (including phenoxy) is 2. The van der Waals surface area contributed by atoms with Gasteiger partial charge in [-0.2, -0.15) is 0 Å². The van der Waals surface area contributed by atoms with Crippen molar-refractivity contribution in [1.29, 1.82) is 0 Å². The Balaban J connectivity index is 1.63. The Bertz CT molecular complexity index is 611. The third kappa shape index (κ3) is 5.90. The third-order valence-electron chi connectivity index (χ3n) is 5.61. The Kier molecular flexibility index (Phi) is 8.06. The molecule has 2 fully saturated rings. The van der Waals surface area contributed by atoms with Crippen molar-refractivity contribution in [3.05, 3.63) is 35.6 Å². The topological polar surface area (TPSA) is 58.1 Å². The molecule has 2 aliphatic rings. The lowest BCUT2D eigenvalue weighted by atomic mass is 9.74. The molecule has 28 heavy (non-hydrogen) atoms. The summed E-state index contributed by atoms with van der Waals surface area (Å²) in [5.74, 6) is 0.635. The van der Waals surface area contributed by atoms with Crippen LogP contribution in [0.4, 0.5) is 4.39 Å². The minimum atomic E-state index is -0.201. The molecule has 1 aromatic rings. The Morgan fingerprint density at radius 3 is 2.43 bits per heavy atom. The fourth-order valence-electron chi connectivity index (χ4n) is 3.83. The molecule has 0 bridgehead atoms. The minimum Gasteiger partial charge on any atom is -0.381 e. The maximum absolute atomic E-state index is 13.4. The molecule has 3 rings (SSSR count). The van der Waals surface area contributed by atoms with Gasteiger partial charge in [0.15, 0.2) is 5.96 Å². The van der Waals surface area contributed by atoms with Gasteiger partial charge in [-0.05, 0) is 37.5 Å². The van der Waals surface area contributed by atoms with Crippen LogP contribution < -0.4 is 10.6 Å². The maximum atomic E-state index is 13.4. The van der Waals surface area contributed by atoms with Crippen molar-refractivity contribution < 1.29 is 13.9 Å². The molecule has 0 aromatic heterocycles. The van der Waals surface area contributed by atoms with Gasteiger partial charge in [-0.25, -0.2) is 4.39 Å². The zero-order valence-corrected chi connectivity index (χ0v) is 16.9. The van der Waals surface area contributed by atoms with Crippen molar-refractivity contribution >= 4 is 5.96 Å². The van der Waals surface area contributed by atoms with E-state index in [-0.39, 0.29) is 11.2 Å². The predicted molar refractivity (Wildman–Crippen MR) is 109 cm³/mol. The summed E-state index contributed by atoms with van der Waals surface area (Å²) in [6.45, 7) is 10.4. The zero-order chi connectivity index (χ0) is 19.7. The lowest BCUT2D eigenvalue weighted by Gasteiger charge is -2.36. The normalized spacial score (nSPS) is 20.7. The molecule has 0 saturated carbocycles. The van der Waals surface area contributed by atoms with E-state index >= 15 is 0 Å². The van der Waals surface area contributed by atoms with E-state index < -0.39 is 0 Å². The van der Waals surface area contributed by atoms with E-state index in [9.17, 15) is 4.39 Å². The van der Waals surface area contributed by atoms with Crippen LogP contribution in [0, 0.1) is 5.82 Å². The van der Waals surface area contributed by atoms with E-state index in [4.69, 9.17) is 14.5 Å². The van der Waals surface area contributed by atoms with Crippen molar-refractivity contribution in [2.45, 2.75) is 25.2 Å². The number of nitrogens with one attached hydrogen (secondary N) is 2. The van der Waals surface area contributed by atoms with Gasteiger partial charge in [0.25, 0.3) is 0 Å². The van der Waals surface area contributed by atoms with E-state index in [1.807, 2.05) is 12.1 Å². The summed E-state index contributed by atoms with van der Waals surface area (Å²) in [7, 11) is 0. The second-order valence-corrected chi connectivity index (χ2v) is 7.48. The molecule has 0 spiro atoms. The van der Waals surface area contributed by atoms with Gasteiger partial charge < -0.3 is 20.1 Å². The summed E-state index contributed by atoms with van der Waals surface area (Å²) in [6.07, 6.45) is 1.80. The average molecular weight is 393 g/mol. The third-order valence-corrected chi connectivity index (χ3v) is 5.61. The van der Waals surface area contributed by atoms with Crippen LogP contribution in [0.3, 0.4) is 0 Å². The van der Waals surface area contributed by atoms with E-state index in [0.717, 1.165) is 70.3 Å². The first kappa shape index (κ1) is 21.0. The zero-order valence-electron chi connectivity index (χ0n) is 16.9. The number of aliphatic imine (C=N–C) groups is 1. The number of benzene rings is 1. The first-order valence-corrected chi connectivity index (χ1v) is 10.4. The van der Waals surface area contributed by atoms with Crippen molar-refractivity contribution in [2.75, 3.05) is 65.7 Å². The molecule has 0 radical (unpaired) electrons. The first-order chi connectivity index (χ1) is 13.7. The Labute approximate surface area is 167 Å². The molecule has 0 amide bonds. The van der Waals surface area contributed by atoms with Crippen molar-refractivity contribution in [2.24, 2.45) is 4.99 Å². The number of guanidine groups is 1. The number of hydrogen-bond donors (Lipinski definition) is 2. The second-order valence-electron chi connectivity index (χ2n) is 7.48. The summed E-state index contributed by atoms with van der Waals surface area (Å²) >= 11 is 0. The highest BCUT2D eigenvalue weighted by Crippen LogP contribution is 2.35. The maximum Gasteiger partial charge on any atom is 0.191 e. The summed E-state index contributed by atoms with van der Waals surface area (Å²) in [5, 5.41) is 6.79. The molecule has 2 saturated heterocycles. The quantitative estimate of drug-likeness (QED) is 0.547. The molecule has 2 N–H and O–H groups in total. The molecule has 0 unspecified atom stereocenters. The molecule has 0 atom stereocenters. The number of halogens is 1. The van der Waals surface area contributed by atoms with Gasteiger partial charge in [0, 0.05) is 51.4 Å². The molecule has 0 aliphatic carbocycles. The average Bonchev–Trinajstić information content (AvgIpc) is 2.74. The SMILES string of the molecule is CCNC(=NCC1(c2ccc(F)cc2)CCOCC1)NCCN1CCOCC1.